The minimum atomic E-state index is -0.513. The molecule has 3 N–H and O–H groups in total. The summed E-state index contributed by atoms with van der Waals surface area (Å²) in [6, 6.07) is 0. The molecule has 6 nitrogen and oxygen atoms in total. The van der Waals surface area contributed by atoms with Crippen molar-refractivity contribution in [1.82, 2.24) is 0 Å². The highest BCUT2D eigenvalue weighted by atomic mass is 16.5. The fraction of sp³-hybridized carbons (Fsp3) is 1.00. The zero-order valence-corrected chi connectivity index (χ0v) is 12.9. The van der Waals surface area contributed by atoms with Crippen molar-refractivity contribution in [2.45, 2.75) is 39.4 Å². The molecule has 6 heteroatoms. The second-order valence-electron chi connectivity index (χ2n) is 5.36. The van der Waals surface area contributed by atoms with E-state index in [1.54, 1.807) is 13.8 Å². The molecule has 0 aliphatic carbocycles. The molecule has 2 atom stereocenters. The molecule has 0 aliphatic rings. The van der Waals surface area contributed by atoms with Gasteiger partial charge < -0.3 is 29.5 Å². The van der Waals surface area contributed by atoms with Gasteiger partial charge in [0.15, 0.2) is 0 Å². The molecular formula is C14H30O6. The first kappa shape index (κ1) is 19.8. The van der Waals surface area contributed by atoms with Gasteiger partial charge in [0.2, 0.25) is 0 Å². The summed E-state index contributed by atoms with van der Waals surface area (Å²) in [5.74, 6) is 0. The highest BCUT2D eigenvalue weighted by Crippen LogP contribution is 2.24. The van der Waals surface area contributed by atoms with E-state index in [9.17, 15) is 10.2 Å². The predicted octanol–water partition coefficient (Wildman–Crippen LogP) is 0.186. The summed E-state index contributed by atoms with van der Waals surface area (Å²) in [6.45, 7) is 7.33. The minimum absolute atomic E-state index is 0.0249. The van der Waals surface area contributed by atoms with Crippen LogP contribution in [0.4, 0.5) is 0 Å². The lowest BCUT2D eigenvalue weighted by Crippen LogP contribution is -2.38. The summed E-state index contributed by atoms with van der Waals surface area (Å²) >= 11 is 0. The zero-order chi connectivity index (χ0) is 15.4. The third kappa shape index (κ3) is 9.63. The van der Waals surface area contributed by atoms with Gasteiger partial charge >= 0.3 is 0 Å². The second kappa shape index (κ2) is 11.4. The first-order valence-electron chi connectivity index (χ1n) is 7.16. The summed E-state index contributed by atoms with van der Waals surface area (Å²) < 4.78 is 16.4. The van der Waals surface area contributed by atoms with Crippen LogP contribution in [0, 0.1) is 5.41 Å². The molecule has 0 amide bonds. The Morgan fingerprint density at radius 3 is 1.70 bits per heavy atom. The third-order valence-electron chi connectivity index (χ3n) is 2.93. The van der Waals surface area contributed by atoms with E-state index in [-0.39, 0.29) is 31.8 Å². The van der Waals surface area contributed by atoms with Gasteiger partial charge in [-0.2, -0.15) is 0 Å². The molecule has 2 unspecified atom stereocenters. The predicted molar refractivity (Wildman–Crippen MR) is 75.6 cm³/mol. The Balaban J connectivity index is 4.35. The lowest BCUT2D eigenvalue weighted by Gasteiger charge is -2.32. The van der Waals surface area contributed by atoms with Crippen molar-refractivity contribution in [1.29, 1.82) is 0 Å². The Morgan fingerprint density at radius 2 is 1.35 bits per heavy atom. The van der Waals surface area contributed by atoms with E-state index in [1.807, 2.05) is 6.92 Å². The van der Waals surface area contributed by atoms with Gasteiger partial charge in [-0.15, -0.1) is 0 Å². The Kier molecular flexibility index (Phi) is 11.3. The van der Waals surface area contributed by atoms with Crippen LogP contribution in [0.5, 0.6) is 0 Å². The molecular weight excluding hydrogens is 264 g/mol. The molecule has 0 aliphatic heterocycles. The van der Waals surface area contributed by atoms with Crippen LogP contribution in [0.25, 0.3) is 0 Å². The monoisotopic (exact) mass is 294 g/mol. The molecule has 0 aromatic rings. The van der Waals surface area contributed by atoms with E-state index in [0.29, 0.717) is 19.8 Å². The first-order valence-corrected chi connectivity index (χ1v) is 7.16. The van der Waals surface area contributed by atoms with Gasteiger partial charge in [-0.05, 0) is 20.3 Å². The van der Waals surface area contributed by atoms with E-state index in [0.717, 1.165) is 6.42 Å². The van der Waals surface area contributed by atoms with E-state index < -0.39 is 12.2 Å². The molecule has 122 valence electrons. The van der Waals surface area contributed by atoms with Crippen LogP contribution in [-0.4, -0.2) is 73.8 Å². The molecule has 0 bridgehead atoms. The average molecular weight is 294 g/mol. The molecule has 0 spiro atoms. The Hall–Kier alpha value is -0.240. The van der Waals surface area contributed by atoms with E-state index in [4.69, 9.17) is 19.3 Å². The van der Waals surface area contributed by atoms with E-state index in [2.05, 4.69) is 0 Å². The quantitative estimate of drug-likeness (QED) is 0.420. The van der Waals surface area contributed by atoms with Crippen molar-refractivity contribution in [3.63, 3.8) is 0 Å². The number of hydrogen-bond donors (Lipinski definition) is 3. The van der Waals surface area contributed by atoms with Gasteiger partial charge in [0.1, 0.15) is 0 Å². The van der Waals surface area contributed by atoms with Gasteiger partial charge in [0, 0.05) is 5.41 Å². The number of ether oxygens (including phenoxy) is 3. The Morgan fingerprint density at radius 1 is 0.900 bits per heavy atom. The molecule has 20 heavy (non-hydrogen) atoms. The van der Waals surface area contributed by atoms with Crippen molar-refractivity contribution >= 4 is 0 Å². The van der Waals surface area contributed by atoms with E-state index >= 15 is 0 Å². The van der Waals surface area contributed by atoms with Crippen LogP contribution in [0.1, 0.15) is 27.2 Å². The maximum atomic E-state index is 9.23. The molecule has 0 radical (unpaired) electrons. The lowest BCUT2D eigenvalue weighted by molar-refractivity contribution is -0.0923. The van der Waals surface area contributed by atoms with Crippen LogP contribution in [0.2, 0.25) is 0 Å². The highest BCUT2D eigenvalue weighted by Gasteiger charge is 2.30. The Bertz CT molecular complexity index is 206. The minimum Gasteiger partial charge on any atom is -0.394 e. The molecule has 0 rings (SSSR count). The standard InChI is InChI=1S/C14H30O6/c1-4-14(9-18-6-5-15,10-19-7-12(2)16)11-20-8-13(3)17/h12-13,15-17H,4-11H2,1-3H3. The maximum Gasteiger partial charge on any atom is 0.0745 e. The normalized spacial score (nSPS) is 17.7. The van der Waals surface area contributed by atoms with Crippen molar-refractivity contribution in [2.24, 2.45) is 5.41 Å². The number of rotatable bonds is 13. The molecule has 0 aromatic heterocycles. The van der Waals surface area contributed by atoms with Crippen molar-refractivity contribution < 1.29 is 29.5 Å². The smallest absolute Gasteiger partial charge is 0.0745 e. The zero-order valence-electron chi connectivity index (χ0n) is 12.9. The SMILES string of the molecule is CCC(COCCO)(COCC(C)O)COCC(C)O. The average Bonchev–Trinajstić information content (AvgIpc) is 2.37. The lowest BCUT2D eigenvalue weighted by atomic mass is 9.88. The van der Waals surface area contributed by atoms with Crippen LogP contribution >= 0.6 is 0 Å². The largest absolute Gasteiger partial charge is 0.394 e. The topological polar surface area (TPSA) is 88.4 Å². The van der Waals surface area contributed by atoms with Gasteiger partial charge in [-0.3, -0.25) is 0 Å². The summed E-state index contributed by atoms with van der Waals surface area (Å²) in [7, 11) is 0. The van der Waals surface area contributed by atoms with Gasteiger partial charge in [0.25, 0.3) is 0 Å². The first-order chi connectivity index (χ1) is 9.45. The maximum absolute atomic E-state index is 9.23. The highest BCUT2D eigenvalue weighted by molar-refractivity contribution is 4.78. The van der Waals surface area contributed by atoms with Crippen LogP contribution in [-0.2, 0) is 14.2 Å². The van der Waals surface area contributed by atoms with Crippen molar-refractivity contribution in [3.05, 3.63) is 0 Å². The molecule has 0 aromatic carbocycles. The second-order valence-corrected chi connectivity index (χ2v) is 5.36. The van der Waals surface area contributed by atoms with E-state index in [1.165, 1.54) is 0 Å². The number of aliphatic hydroxyl groups excluding tert-OH is 3. The molecule has 0 heterocycles. The van der Waals surface area contributed by atoms with Gasteiger partial charge in [0.05, 0.1) is 58.5 Å². The molecule has 0 saturated heterocycles. The fourth-order valence-electron chi connectivity index (χ4n) is 1.68. The summed E-state index contributed by atoms with van der Waals surface area (Å²) in [5, 5.41) is 27.2. The summed E-state index contributed by atoms with van der Waals surface area (Å²) in [4.78, 5) is 0. The Labute approximate surface area is 121 Å². The van der Waals surface area contributed by atoms with Crippen molar-refractivity contribution in [2.75, 3.05) is 46.2 Å². The fourth-order valence-corrected chi connectivity index (χ4v) is 1.68. The number of aliphatic hydroxyl groups is 3. The van der Waals surface area contributed by atoms with Crippen molar-refractivity contribution in [3.8, 4) is 0 Å². The van der Waals surface area contributed by atoms with Crippen LogP contribution in [0.15, 0.2) is 0 Å². The molecule has 0 saturated carbocycles. The summed E-state index contributed by atoms with van der Waals surface area (Å²) in [5.41, 5.74) is -0.334. The molecule has 0 fully saturated rings. The van der Waals surface area contributed by atoms with Crippen LogP contribution < -0.4 is 0 Å². The summed E-state index contributed by atoms with van der Waals surface area (Å²) in [6.07, 6.45) is -0.250. The third-order valence-corrected chi connectivity index (χ3v) is 2.93. The van der Waals surface area contributed by atoms with Gasteiger partial charge in [-0.25, -0.2) is 0 Å². The van der Waals surface area contributed by atoms with Crippen LogP contribution in [0.3, 0.4) is 0 Å². The number of hydrogen-bond acceptors (Lipinski definition) is 6. The van der Waals surface area contributed by atoms with Gasteiger partial charge in [-0.1, -0.05) is 6.92 Å².